The Bertz CT molecular complexity index is 64.6. The number of aliphatic hydroxyl groups excluding tert-OH is 1. The van der Waals surface area contributed by atoms with E-state index >= 15 is 0 Å². The molecule has 0 rings (SSSR count). The van der Waals surface area contributed by atoms with Gasteiger partial charge in [0.25, 0.3) is 0 Å². The van der Waals surface area contributed by atoms with Crippen LogP contribution in [0.2, 0.25) is 0 Å². The van der Waals surface area contributed by atoms with Crippen molar-refractivity contribution in [3.8, 4) is 0 Å². The van der Waals surface area contributed by atoms with Gasteiger partial charge >= 0.3 is 0 Å². The highest BCUT2D eigenvalue weighted by Gasteiger charge is 1.91. The number of hydrogen-bond acceptors (Lipinski definition) is 1. The maximum atomic E-state index is 8.66. The van der Waals surface area contributed by atoms with Crippen molar-refractivity contribution in [3.63, 3.8) is 0 Å². The first-order valence-electron chi connectivity index (χ1n) is 2.45. The molecule has 42 valence electrons. The second kappa shape index (κ2) is 2.80. The standard InChI is InChI=1S/C6H12O/c1-5(2)4-6(3)7/h6-7H,1,4H2,2-3H3. The van der Waals surface area contributed by atoms with Crippen molar-refractivity contribution >= 4 is 0 Å². The molecule has 1 N–H and O–H groups in total. The summed E-state index contributed by atoms with van der Waals surface area (Å²) in [5.41, 5.74) is 1.04. The van der Waals surface area contributed by atoms with Crippen LogP contribution in [0.5, 0.6) is 0 Å². The Morgan fingerprint density at radius 2 is 2.29 bits per heavy atom. The predicted octanol–water partition coefficient (Wildman–Crippen LogP) is 1.33. The zero-order valence-corrected chi connectivity index (χ0v) is 4.94. The van der Waals surface area contributed by atoms with Gasteiger partial charge in [-0.25, -0.2) is 0 Å². The van der Waals surface area contributed by atoms with E-state index in [1.54, 1.807) is 6.92 Å². The summed E-state index contributed by atoms with van der Waals surface area (Å²) in [4.78, 5) is 0. The van der Waals surface area contributed by atoms with Crippen LogP contribution in [0.4, 0.5) is 0 Å². The van der Waals surface area contributed by atoms with E-state index in [2.05, 4.69) is 6.58 Å². The summed E-state index contributed by atoms with van der Waals surface area (Å²) < 4.78 is 0. The third-order valence-electron chi connectivity index (χ3n) is 0.644. The summed E-state index contributed by atoms with van der Waals surface area (Å²) in [6.45, 7) is 7.30. The van der Waals surface area contributed by atoms with Crippen LogP contribution in [0.15, 0.2) is 12.2 Å². The maximum Gasteiger partial charge on any atom is 0.0548 e. The van der Waals surface area contributed by atoms with Gasteiger partial charge in [-0.3, -0.25) is 0 Å². The lowest BCUT2D eigenvalue weighted by Crippen LogP contribution is -1.97. The van der Waals surface area contributed by atoms with E-state index in [1.807, 2.05) is 6.92 Å². The zero-order chi connectivity index (χ0) is 5.86. The smallest absolute Gasteiger partial charge is 0.0548 e. The average molecular weight is 100 g/mol. The summed E-state index contributed by atoms with van der Waals surface area (Å²) in [6.07, 6.45) is 0.498. The zero-order valence-electron chi connectivity index (χ0n) is 4.94. The van der Waals surface area contributed by atoms with Gasteiger partial charge in [0.2, 0.25) is 0 Å². The molecule has 0 aromatic rings. The molecule has 0 aliphatic carbocycles. The Balaban J connectivity index is 3.13. The first-order chi connectivity index (χ1) is 3.13. The molecule has 0 aromatic carbocycles. The van der Waals surface area contributed by atoms with E-state index in [0.29, 0.717) is 0 Å². The molecule has 1 nitrogen and oxygen atoms in total. The fourth-order valence-corrected chi connectivity index (χ4v) is 0.504. The van der Waals surface area contributed by atoms with Gasteiger partial charge in [-0.05, 0) is 20.3 Å². The SMILES string of the molecule is C=C(C)CC(C)O. The van der Waals surface area contributed by atoms with E-state index in [-0.39, 0.29) is 6.10 Å². The summed E-state index contributed by atoms with van der Waals surface area (Å²) in [6, 6.07) is 0. The lowest BCUT2D eigenvalue weighted by atomic mass is 10.2. The van der Waals surface area contributed by atoms with Crippen molar-refractivity contribution in [1.82, 2.24) is 0 Å². The average Bonchev–Trinajstić information content (AvgIpc) is 1.27. The molecule has 0 spiro atoms. The summed E-state index contributed by atoms with van der Waals surface area (Å²) >= 11 is 0. The third kappa shape index (κ3) is 5.70. The van der Waals surface area contributed by atoms with E-state index in [9.17, 15) is 0 Å². The first kappa shape index (κ1) is 6.70. The topological polar surface area (TPSA) is 20.2 Å². The molecule has 0 amide bonds. The maximum absolute atomic E-state index is 8.66. The minimum absolute atomic E-state index is 0.225. The van der Waals surface area contributed by atoms with Gasteiger partial charge in [0.05, 0.1) is 6.10 Å². The van der Waals surface area contributed by atoms with E-state index in [1.165, 1.54) is 0 Å². The number of hydrogen-bond donors (Lipinski definition) is 1. The second-order valence-corrected chi connectivity index (χ2v) is 2.01. The monoisotopic (exact) mass is 100 g/mol. The molecule has 1 unspecified atom stereocenters. The van der Waals surface area contributed by atoms with Crippen LogP contribution in [-0.4, -0.2) is 11.2 Å². The van der Waals surface area contributed by atoms with Gasteiger partial charge in [-0.2, -0.15) is 0 Å². The van der Waals surface area contributed by atoms with Crippen LogP contribution >= 0.6 is 0 Å². The van der Waals surface area contributed by atoms with Crippen LogP contribution in [0.25, 0.3) is 0 Å². The number of aliphatic hydroxyl groups is 1. The van der Waals surface area contributed by atoms with Crippen molar-refractivity contribution in [3.05, 3.63) is 12.2 Å². The molecular weight excluding hydrogens is 88.1 g/mol. The highest BCUT2D eigenvalue weighted by Crippen LogP contribution is 1.98. The Hall–Kier alpha value is -0.300. The normalized spacial score (nSPS) is 13.6. The molecule has 0 saturated heterocycles. The Kier molecular flexibility index (Phi) is 2.68. The lowest BCUT2D eigenvalue weighted by Gasteiger charge is -1.99. The van der Waals surface area contributed by atoms with Crippen molar-refractivity contribution < 1.29 is 5.11 Å². The molecule has 1 heteroatoms. The van der Waals surface area contributed by atoms with Gasteiger partial charge < -0.3 is 5.11 Å². The Morgan fingerprint density at radius 1 is 1.86 bits per heavy atom. The molecule has 0 aliphatic rings. The van der Waals surface area contributed by atoms with Gasteiger partial charge in [-0.15, -0.1) is 6.58 Å². The lowest BCUT2D eigenvalue weighted by molar-refractivity contribution is 0.195. The Labute approximate surface area is 44.7 Å². The predicted molar refractivity (Wildman–Crippen MR) is 31.1 cm³/mol. The molecule has 0 aliphatic heterocycles. The van der Waals surface area contributed by atoms with Crippen molar-refractivity contribution in [1.29, 1.82) is 0 Å². The summed E-state index contributed by atoms with van der Waals surface area (Å²) in [5, 5.41) is 8.66. The van der Waals surface area contributed by atoms with Gasteiger partial charge in [0.15, 0.2) is 0 Å². The third-order valence-corrected chi connectivity index (χ3v) is 0.644. The molecule has 0 radical (unpaired) electrons. The minimum atomic E-state index is -0.225. The van der Waals surface area contributed by atoms with E-state index in [0.717, 1.165) is 12.0 Å². The van der Waals surface area contributed by atoms with Crippen LogP contribution in [0.3, 0.4) is 0 Å². The molecule has 0 aromatic heterocycles. The van der Waals surface area contributed by atoms with E-state index < -0.39 is 0 Å². The summed E-state index contributed by atoms with van der Waals surface area (Å²) in [5.74, 6) is 0. The first-order valence-corrected chi connectivity index (χ1v) is 2.45. The van der Waals surface area contributed by atoms with Crippen molar-refractivity contribution in [2.24, 2.45) is 0 Å². The molecule has 1 atom stereocenters. The fraction of sp³-hybridized carbons (Fsp3) is 0.667. The van der Waals surface area contributed by atoms with Crippen LogP contribution in [0.1, 0.15) is 20.3 Å². The van der Waals surface area contributed by atoms with Crippen LogP contribution in [-0.2, 0) is 0 Å². The van der Waals surface area contributed by atoms with Gasteiger partial charge in [0, 0.05) is 0 Å². The molecule has 0 bridgehead atoms. The van der Waals surface area contributed by atoms with Crippen LogP contribution < -0.4 is 0 Å². The largest absolute Gasteiger partial charge is 0.393 e. The Morgan fingerprint density at radius 3 is 2.29 bits per heavy atom. The minimum Gasteiger partial charge on any atom is -0.393 e. The van der Waals surface area contributed by atoms with Crippen molar-refractivity contribution in [2.75, 3.05) is 0 Å². The van der Waals surface area contributed by atoms with E-state index in [4.69, 9.17) is 5.11 Å². The molecule has 0 fully saturated rings. The van der Waals surface area contributed by atoms with Crippen LogP contribution in [0, 0.1) is 0 Å². The molecule has 0 heterocycles. The summed E-state index contributed by atoms with van der Waals surface area (Å²) in [7, 11) is 0. The quantitative estimate of drug-likeness (QED) is 0.519. The van der Waals surface area contributed by atoms with Crippen molar-refractivity contribution in [2.45, 2.75) is 26.4 Å². The fourth-order valence-electron chi connectivity index (χ4n) is 0.504. The highest BCUT2D eigenvalue weighted by molar-refractivity contribution is 4.89. The van der Waals surface area contributed by atoms with Gasteiger partial charge in [0.1, 0.15) is 0 Å². The van der Waals surface area contributed by atoms with Gasteiger partial charge in [-0.1, -0.05) is 5.57 Å². The molecule has 7 heavy (non-hydrogen) atoms. The molecule has 0 saturated carbocycles. The second-order valence-electron chi connectivity index (χ2n) is 2.01. The molecular formula is C6H12O. The highest BCUT2D eigenvalue weighted by atomic mass is 16.3. The number of rotatable bonds is 2.